The zero-order valence-electron chi connectivity index (χ0n) is 5.06. The van der Waals surface area contributed by atoms with E-state index in [9.17, 15) is 0 Å². The van der Waals surface area contributed by atoms with Crippen LogP contribution in [0.15, 0.2) is 11.5 Å². The van der Waals surface area contributed by atoms with E-state index in [0.29, 0.717) is 5.88 Å². The summed E-state index contributed by atoms with van der Waals surface area (Å²) in [5, 5.41) is 0. The van der Waals surface area contributed by atoms with E-state index in [1.807, 2.05) is 13.8 Å². The standard InChI is InChI=1S/C5H10N2O/c1-3-4(2)7-8-5(3)6/h4,7H,6H2,1-2H3. The molecule has 46 valence electrons. The quantitative estimate of drug-likeness (QED) is 0.469. The molecule has 0 aliphatic carbocycles. The maximum atomic E-state index is 5.36. The van der Waals surface area contributed by atoms with Crippen molar-refractivity contribution in [3.05, 3.63) is 11.5 Å². The van der Waals surface area contributed by atoms with Gasteiger partial charge in [0.2, 0.25) is 5.88 Å². The van der Waals surface area contributed by atoms with Crippen molar-refractivity contribution in [2.24, 2.45) is 5.73 Å². The van der Waals surface area contributed by atoms with Gasteiger partial charge in [-0.25, -0.2) is 0 Å². The summed E-state index contributed by atoms with van der Waals surface area (Å²) >= 11 is 0. The number of hydroxylamine groups is 1. The van der Waals surface area contributed by atoms with Crippen molar-refractivity contribution < 1.29 is 4.84 Å². The molecule has 0 spiro atoms. The highest BCUT2D eigenvalue weighted by atomic mass is 16.7. The van der Waals surface area contributed by atoms with Gasteiger partial charge in [0, 0.05) is 5.57 Å². The monoisotopic (exact) mass is 114 g/mol. The van der Waals surface area contributed by atoms with E-state index in [2.05, 4.69) is 5.48 Å². The highest BCUT2D eigenvalue weighted by Gasteiger charge is 2.15. The van der Waals surface area contributed by atoms with E-state index in [0.717, 1.165) is 5.57 Å². The van der Waals surface area contributed by atoms with Gasteiger partial charge in [-0.3, -0.25) is 0 Å². The van der Waals surface area contributed by atoms with Crippen LogP contribution in [0.1, 0.15) is 13.8 Å². The Morgan fingerprint density at radius 3 is 2.50 bits per heavy atom. The molecule has 1 aliphatic rings. The van der Waals surface area contributed by atoms with Gasteiger partial charge in [-0.2, -0.15) is 0 Å². The van der Waals surface area contributed by atoms with Gasteiger partial charge in [0.15, 0.2) is 0 Å². The third kappa shape index (κ3) is 0.648. The maximum absolute atomic E-state index is 5.36. The topological polar surface area (TPSA) is 47.3 Å². The molecular formula is C5H10N2O. The van der Waals surface area contributed by atoms with Crippen molar-refractivity contribution in [3.63, 3.8) is 0 Å². The predicted octanol–water partition coefficient (Wildman–Crippen LogP) is 0.0999. The molecule has 1 atom stereocenters. The lowest BCUT2D eigenvalue weighted by atomic mass is 10.2. The molecule has 1 heterocycles. The molecule has 3 heteroatoms. The summed E-state index contributed by atoms with van der Waals surface area (Å²) in [6, 6.07) is 0.273. The van der Waals surface area contributed by atoms with Gasteiger partial charge >= 0.3 is 0 Å². The first-order valence-corrected chi connectivity index (χ1v) is 2.60. The van der Waals surface area contributed by atoms with Crippen LogP contribution in [-0.4, -0.2) is 6.04 Å². The van der Waals surface area contributed by atoms with Crippen LogP contribution in [0.3, 0.4) is 0 Å². The van der Waals surface area contributed by atoms with Crippen molar-refractivity contribution in [3.8, 4) is 0 Å². The molecule has 0 saturated carbocycles. The van der Waals surface area contributed by atoms with Crippen LogP contribution in [0.25, 0.3) is 0 Å². The minimum absolute atomic E-state index is 0.273. The first kappa shape index (κ1) is 5.44. The summed E-state index contributed by atoms with van der Waals surface area (Å²) in [6.45, 7) is 3.94. The van der Waals surface area contributed by atoms with Crippen LogP contribution in [0.4, 0.5) is 0 Å². The molecule has 0 amide bonds. The van der Waals surface area contributed by atoms with Crippen molar-refractivity contribution in [2.45, 2.75) is 19.9 Å². The van der Waals surface area contributed by atoms with Crippen molar-refractivity contribution in [2.75, 3.05) is 0 Å². The largest absolute Gasteiger partial charge is 0.390 e. The smallest absolute Gasteiger partial charge is 0.210 e. The van der Waals surface area contributed by atoms with Gasteiger partial charge in [0.25, 0.3) is 0 Å². The molecule has 3 nitrogen and oxygen atoms in total. The summed E-state index contributed by atoms with van der Waals surface area (Å²) in [7, 11) is 0. The summed E-state index contributed by atoms with van der Waals surface area (Å²) < 4.78 is 0. The number of rotatable bonds is 0. The first-order chi connectivity index (χ1) is 3.72. The molecule has 0 aromatic rings. The minimum Gasteiger partial charge on any atom is -0.390 e. The Balaban J connectivity index is 2.71. The van der Waals surface area contributed by atoms with E-state index < -0.39 is 0 Å². The molecule has 0 bridgehead atoms. The highest BCUT2D eigenvalue weighted by Crippen LogP contribution is 2.10. The average Bonchev–Trinajstić information content (AvgIpc) is 1.98. The summed E-state index contributed by atoms with van der Waals surface area (Å²) in [6.07, 6.45) is 0. The molecule has 1 aliphatic heterocycles. The lowest BCUT2D eigenvalue weighted by Crippen LogP contribution is -2.18. The summed E-state index contributed by atoms with van der Waals surface area (Å²) in [5.41, 5.74) is 9.16. The van der Waals surface area contributed by atoms with Crippen LogP contribution >= 0.6 is 0 Å². The normalized spacial score (nSPS) is 28.5. The molecule has 1 rings (SSSR count). The molecule has 8 heavy (non-hydrogen) atoms. The van der Waals surface area contributed by atoms with E-state index in [1.165, 1.54) is 0 Å². The molecule has 1 unspecified atom stereocenters. The van der Waals surface area contributed by atoms with Crippen LogP contribution in [0.2, 0.25) is 0 Å². The van der Waals surface area contributed by atoms with Crippen LogP contribution < -0.4 is 11.2 Å². The number of hydrogen-bond donors (Lipinski definition) is 2. The molecule has 0 aromatic carbocycles. The second kappa shape index (κ2) is 1.67. The Kier molecular flexibility index (Phi) is 1.13. The van der Waals surface area contributed by atoms with Gasteiger partial charge in [0.05, 0.1) is 6.04 Å². The first-order valence-electron chi connectivity index (χ1n) is 2.60. The summed E-state index contributed by atoms with van der Waals surface area (Å²) in [5.74, 6) is 0.512. The molecule has 0 fully saturated rings. The zero-order chi connectivity index (χ0) is 6.15. The van der Waals surface area contributed by atoms with Crippen LogP contribution in [-0.2, 0) is 4.84 Å². The second-order valence-electron chi connectivity index (χ2n) is 1.99. The third-order valence-electron chi connectivity index (χ3n) is 1.38. The lowest BCUT2D eigenvalue weighted by molar-refractivity contribution is 0.118. The van der Waals surface area contributed by atoms with Gasteiger partial charge in [-0.1, -0.05) is 0 Å². The number of nitrogens with two attached hydrogens (primary N) is 1. The van der Waals surface area contributed by atoms with E-state index in [-0.39, 0.29) is 6.04 Å². The molecule has 0 radical (unpaired) electrons. The van der Waals surface area contributed by atoms with E-state index >= 15 is 0 Å². The minimum atomic E-state index is 0.273. The Morgan fingerprint density at radius 1 is 1.75 bits per heavy atom. The fourth-order valence-corrected chi connectivity index (χ4v) is 0.534. The van der Waals surface area contributed by atoms with Crippen molar-refractivity contribution in [1.82, 2.24) is 5.48 Å². The predicted molar refractivity (Wildman–Crippen MR) is 30.6 cm³/mol. The van der Waals surface area contributed by atoms with E-state index in [4.69, 9.17) is 10.6 Å². The zero-order valence-corrected chi connectivity index (χ0v) is 5.06. The van der Waals surface area contributed by atoms with Gasteiger partial charge in [-0.15, -0.1) is 5.48 Å². The summed E-state index contributed by atoms with van der Waals surface area (Å²) in [4.78, 5) is 4.78. The van der Waals surface area contributed by atoms with Crippen molar-refractivity contribution >= 4 is 0 Å². The Hall–Kier alpha value is -0.700. The molecule has 0 aromatic heterocycles. The number of hydrogen-bond acceptors (Lipinski definition) is 3. The van der Waals surface area contributed by atoms with Gasteiger partial charge in [0.1, 0.15) is 0 Å². The van der Waals surface area contributed by atoms with Gasteiger partial charge in [-0.05, 0) is 13.8 Å². The highest BCUT2D eigenvalue weighted by molar-refractivity contribution is 5.11. The second-order valence-corrected chi connectivity index (χ2v) is 1.99. The molecular weight excluding hydrogens is 104 g/mol. The molecule has 0 saturated heterocycles. The Morgan fingerprint density at radius 2 is 2.38 bits per heavy atom. The third-order valence-corrected chi connectivity index (χ3v) is 1.38. The SMILES string of the molecule is CC1=C(N)ONC1C. The van der Waals surface area contributed by atoms with E-state index in [1.54, 1.807) is 0 Å². The lowest BCUT2D eigenvalue weighted by Gasteiger charge is -1.97. The maximum Gasteiger partial charge on any atom is 0.210 e. The van der Waals surface area contributed by atoms with Crippen molar-refractivity contribution in [1.29, 1.82) is 0 Å². The fraction of sp³-hybridized carbons (Fsp3) is 0.600. The number of nitrogens with one attached hydrogen (secondary N) is 1. The van der Waals surface area contributed by atoms with Crippen LogP contribution in [0, 0.1) is 0 Å². The Labute approximate surface area is 48.5 Å². The average molecular weight is 114 g/mol. The molecule has 3 N–H and O–H groups in total. The Bertz CT molecular complexity index is 130. The van der Waals surface area contributed by atoms with Crippen LogP contribution in [0.5, 0.6) is 0 Å². The fourth-order valence-electron chi connectivity index (χ4n) is 0.534. The van der Waals surface area contributed by atoms with Gasteiger partial charge < -0.3 is 10.6 Å².